The predicted molar refractivity (Wildman–Crippen MR) is 110 cm³/mol. The highest BCUT2D eigenvalue weighted by molar-refractivity contribution is 5.87. The number of aliphatic hydroxyl groups is 1. The monoisotopic (exact) mass is 456 g/mol. The molecule has 8 heteroatoms. The third-order valence-electron chi connectivity index (χ3n) is 9.61. The smallest absolute Gasteiger partial charge is 0.331 e. The van der Waals surface area contributed by atoms with Crippen molar-refractivity contribution in [3.8, 4) is 0 Å². The molecule has 1 aromatic rings. The second-order valence-corrected chi connectivity index (χ2v) is 11.7. The van der Waals surface area contributed by atoms with Crippen LogP contribution < -0.4 is 0 Å². The number of hydrogen-bond acceptors (Lipinski definition) is 8. The Labute approximate surface area is 191 Å². The van der Waals surface area contributed by atoms with Crippen LogP contribution in [0.2, 0.25) is 0 Å². The number of rotatable bonds is 2. The van der Waals surface area contributed by atoms with Crippen LogP contribution in [0.4, 0.5) is 0 Å². The van der Waals surface area contributed by atoms with Crippen LogP contribution in [-0.4, -0.2) is 39.8 Å². The van der Waals surface area contributed by atoms with Crippen molar-refractivity contribution in [3.63, 3.8) is 0 Å². The summed E-state index contributed by atoms with van der Waals surface area (Å²) in [5.41, 5.74) is -1.74. The summed E-state index contributed by atoms with van der Waals surface area (Å²) in [5, 5.41) is 11.7. The number of carbonyl (C=O) groups is 2. The summed E-state index contributed by atoms with van der Waals surface area (Å²) in [4.78, 5) is 25.2. The molecule has 2 saturated carbocycles. The fourth-order valence-electron chi connectivity index (χ4n) is 8.27. The number of esters is 2. The summed E-state index contributed by atoms with van der Waals surface area (Å²) in [6.07, 6.45) is 8.67. The number of furan rings is 1. The van der Waals surface area contributed by atoms with E-state index in [0.717, 1.165) is 5.56 Å². The van der Waals surface area contributed by atoms with Crippen LogP contribution in [0.25, 0.3) is 0 Å². The third kappa shape index (κ3) is 2.23. The van der Waals surface area contributed by atoms with E-state index in [4.69, 9.17) is 23.4 Å². The first kappa shape index (κ1) is 20.2. The van der Waals surface area contributed by atoms with Crippen molar-refractivity contribution in [1.82, 2.24) is 0 Å². The minimum atomic E-state index is -1.46. The van der Waals surface area contributed by atoms with Gasteiger partial charge < -0.3 is 28.5 Å². The predicted octanol–water partition coefficient (Wildman–Crippen LogP) is 3.16. The molecule has 0 unspecified atom stereocenters. The van der Waals surface area contributed by atoms with Crippen LogP contribution in [0.5, 0.6) is 0 Å². The molecule has 6 aliphatic rings. The molecule has 176 valence electrons. The van der Waals surface area contributed by atoms with Crippen molar-refractivity contribution in [2.45, 2.75) is 81.8 Å². The lowest BCUT2D eigenvalue weighted by atomic mass is 9.66. The first-order valence-corrected chi connectivity index (χ1v) is 11.8. The molecule has 5 fully saturated rings. The highest BCUT2D eigenvalue weighted by atomic mass is 16.8. The minimum absolute atomic E-state index is 0.174. The molecule has 8 atom stereocenters. The van der Waals surface area contributed by atoms with Gasteiger partial charge in [0.15, 0.2) is 11.6 Å². The van der Waals surface area contributed by atoms with Crippen LogP contribution >= 0.6 is 0 Å². The van der Waals surface area contributed by atoms with Crippen LogP contribution in [0.15, 0.2) is 35.2 Å². The number of cyclic esters (lactones) is 2. The lowest BCUT2D eigenvalue weighted by molar-refractivity contribution is -0.322. The molecule has 3 saturated heterocycles. The van der Waals surface area contributed by atoms with Gasteiger partial charge in [0.2, 0.25) is 0 Å². The zero-order valence-electron chi connectivity index (χ0n) is 19.0. The Balaban J connectivity index is 1.23. The van der Waals surface area contributed by atoms with E-state index in [2.05, 4.69) is 0 Å². The average molecular weight is 456 g/mol. The summed E-state index contributed by atoms with van der Waals surface area (Å²) in [6, 6.07) is 1.85. The molecule has 0 bridgehead atoms. The molecular weight excluding hydrogens is 428 g/mol. The number of fused-ring (bicyclic) bond motifs is 1. The molecule has 5 heterocycles. The quantitative estimate of drug-likeness (QED) is 0.677. The maximum atomic E-state index is 13.3. The molecule has 4 aliphatic heterocycles. The topological polar surface area (TPSA) is 104 Å². The highest BCUT2D eigenvalue weighted by Crippen LogP contribution is 2.85. The van der Waals surface area contributed by atoms with E-state index in [9.17, 15) is 14.7 Å². The normalized spacial score (nSPS) is 53.0. The van der Waals surface area contributed by atoms with E-state index < -0.39 is 34.1 Å². The van der Waals surface area contributed by atoms with Gasteiger partial charge in [-0.3, -0.25) is 4.79 Å². The maximum absolute atomic E-state index is 13.3. The van der Waals surface area contributed by atoms with Crippen molar-refractivity contribution in [3.05, 3.63) is 36.3 Å². The van der Waals surface area contributed by atoms with Gasteiger partial charge in [0, 0.05) is 48.2 Å². The second kappa shape index (κ2) is 5.56. The Hall–Kier alpha value is -2.16. The van der Waals surface area contributed by atoms with E-state index in [1.54, 1.807) is 18.6 Å². The van der Waals surface area contributed by atoms with Crippen molar-refractivity contribution >= 4 is 11.9 Å². The molecular formula is C25H28O8. The summed E-state index contributed by atoms with van der Waals surface area (Å²) < 4.78 is 29.8. The van der Waals surface area contributed by atoms with Gasteiger partial charge in [0.25, 0.3) is 0 Å². The molecule has 1 N–H and O–H groups in total. The fraction of sp³-hybridized carbons (Fsp3) is 0.680. The van der Waals surface area contributed by atoms with Crippen molar-refractivity contribution in [2.24, 2.45) is 22.7 Å². The first-order chi connectivity index (χ1) is 15.5. The zero-order chi connectivity index (χ0) is 23.1. The second-order valence-electron chi connectivity index (χ2n) is 11.7. The number of ether oxygens (including phenoxy) is 4. The lowest BCUT2D eigenvalue weighted by Crippen LogP contribution is -2.47. The van der Waals surface area contributed by atoms with E-state index in [-0.39, 0.29) is 29.4 Å². The van der Waals surface area contributed by atoms with Gasteiger partial charge in [-0.05, 0) is 45.8 Å². The van der Waals surface area contributed by atoms with Crippen LogP contribution in [0.1, 0.15) is 64.5 Å². The van der Waals surface area contributed by atoms with E-state index >= 15 is 0 Å². The van der Waals surface area contributed by atoms with E-state index in [1.165, 1.54) is 6.08 Å². The van der Waals surface area contributed by atoms with E-state index in [1.807, 2.05) is 26.8 Å². The van der Waals surface area contributed by atoms with Crippen LogP contribution in [0, 0.1) is 22.7 Å². The summed E-state index contributed by atoms with van der Waals surface area (Å²) >= 11 is 0. The molecule has 0 radical (unpaired) electrons. The Bertz CT molecular complexity index is 1110. The Morgan fingerprint density at radius 3 is 2.55 bits per heavy atom. The molecule has 2 aliphatic carbocycles. The minimum Gasteiger partial charge on any atom is -0.472 e. The van der Waals surface area contributed by atoms with Gasteiger partial charge in [-0.1, -0.05) is 0 Å². The molecule has 7 rings (SSSR count). The molecule has 1 aromatic heterocycles. The summed E-state index contributed by atoms with van der Waals surface area (Å²) in [7, 11) is 0. The van der Waals surface area contributed by atoms with Crippen molar-refractivity contribution < 1.29 is 38.1 Å². The Kier molecular flexibility index (Phi) is 3.41. The van der Waals surface area contributed by atoms with Gasteiger partial charge >= 0.3 is 11.9 Å². The van der Waals surface area contributed by atoms with Crippen molar-refractivity contribution in [2.75, 3.05) is 0 Å². The number of carbonyl (C=O) groups excluding carboxylic acids is 2. The van der Waals surface area contributed by atoms with Crippen LogP contribution in [0.3, 0.4) is 0 Å². The highest BCUT2D eigenvalue weighted by Gasteiger charge is 2.89. The van der Waals surface area contributed by atoms with Gasteiger partial charge in [0.1, 0.15) is 11.7 Å². The summed E-state index contributed by atoms with van der Waals surface area (Å²) in [5.74, 6) is -3.74. The van der Waals surface area contributed by atoms with Gasteiger partial charge in [-0.2, -0.15) is 0 Å². The zero-order valence-corrected chi connectivity index (χ0v) is 19.0. The molecule has 8 nitrogen and oxygen atoms in total. The average Bonchev–Trinajstić information content (AvgIpc) is 3.22. The fourth-order valence-corrected chi connectivity index (χ4v) is 8.27. The van der Waals surface area contributed by atoms with Gasteiger partial charge in [-0.25, -0.2) is 4.79 Å². The molecule has 1 spiro atoms. The van der Waals surface area contributed by atoms with Crippen molar-refractivity contribution in [1.29, 1.82) is 0 Å². The maximum Gasteiger partial charge on any atom is 0.331 e. The van der Waals surface area contributed by atoms with Gasteiger partial charge in [-0.15, -0.1) is 0 Å². The number of hydrogen-bond donors (Lipinski definition) is 1. The Morgan fingerprint density at radius 1 is 1.06 bits per heavy atom. The molecule has 33 heavy (non-hydrogen) atoms. The standard InChI is InChI=1S/C25H28O8/c1-20(2)15(21(3)6-4-17(26)31-21)10-23(32-20)11-16-24-13-22(24,7-8-25(16,28)33-23)18(30-19(24)27)14-5-9-29-12-14/h4-6,9,12,15-16,18,28H,7-8,10-11,13H2,1-3H3/t15-,16+,18-,21+,22-,23-,24-,25+/m1/s1. The van der Waals surface area contributed by atoms with Gasteiger partial charge in [0.05, 0.1) is 23.5 Å². The van der Waals surface area contributed by atoms with Crippen LogP contribution in [-0.2, 0) is 28.5 Å². The SMILES string of the molecule is CC1(C)O[C@@]2(C[C@H]1[C@]1(C)C=CC(=O)O1)C[C@H]1[C@@]34C[C@]3(CC[C@]1(O)O2)[C@@H](c1ccoc1)OC4=O. The summed E-state index contributed by atoms with van der Waals surface area (Å²) in [6.45, 7) is 5.81. The first-order valence-electron chi connectivity index (χ1n) is 11.8. The Morgan fingerprint density at radius 2 is 1.85 bits per heavy atom. The molecule has 0 aromatic carbocycles. The lowest BCUT2D eigenvalue weighted by Gasteiger charge is -2.39. The van der Waals surface area contributed by atoms with E-state index in [0.29, 0.717) is 32.1 Å². The molecule has 0 amide bonds. The third-order valence-corrected chi connectivity index (χ3v) is 9.61. The largest absolute Gasteiger partial charge is 0.472 e.